The number of benzene rings is 2. The first-order valence-corrected chi connectivity index (χ1v) is 8.33. The number of amides is 1. The van der Waals surface area contributed by atoms with Crippen LogP contribution in [0.2, 0.25) is 0 Å². The molecule has 3 rings (SSSR count). The van der Waals surface area contributed by atoms with Gasteiger partial charge in [0.1, 0.15) is 12.1 Å². The highest BCUT2D eigenvalue weighted by Gasteiger charge is 2.15. The zero-order valence-electron chi connectivity index (χ0n) is 14.1. The zero-order chi connectivity index (χ0) is 17.6. The van der Waals surface area contributed by atoms with Crippen molar-refractivity contribution in [2.75, 3.05) is 13.1 Å². The topological polar surface area (TPSA) is 68.1 Å². The van der Waals surface area contributed by atoms with E-state index < -0.39 is 0 Å². The van der Waals surface area contributed by atoms with E-state index >= 15 is 0 Å². The molecule has 1 heterocycles. The van der Waals surface area contributed by atoms with Crippen LogP contribution in [0.15, 0.2) is 59.4 Å². The first kappa shape index (κ1) is 16.8. The van der Waals surface area contributed by atoms with Gasteiger partial charge in [0, 0.05) is 13.1 Å². The van der Waals surface area contributed by atoms with Crippen LogP contribution in [0.25, 0.3) is 10.9 Å². The summed E-state index contributed by atoms with van der Waals surface area (Å²) in [5.41, 5.74) is 1.42. The highest BCUT2D eigenvalue weighted by molar-refractivity contribution is 5.78. The number of carbonyl (C=O) groups is 1. The first-order chi connectivity index (χ1) is 12.2. The third-order valence-electron chi connectivity index (χ3n) is 4.16. The molecule has 0 N–H and O–H groups in total. The van der Waals surface area contributed by atoms with Crippen molar-refractivity contribution in [2.45, 2.75) is 19.9 Å². The van der Waals surface area contributed by atoms with E-state index in [0.717, 1.165) is 11.1 Å². The highest BCUT2D eigenvalue weighted by atomic mass is 16.2. The monoisotopic (exact) mass is 336 g/mol. The Bertz CT molecular complexity index is 921. The van der Waals surface area contributed by atoms with E-state index in [4.69, 9.17) is 0 Å². The molecule has 6 heteroatoms. The van der Waals surface area contributed by atoms with Crippen molar-refractivity contribution in [3.63, 3.8) is 0 Å². The van der Waals surface area contributed by atoms with Gasteiger partial charge in [-0.1, -0.05) is 47.7 Å². The summed E-state index contributed by atoms with van der Waals surface area (Å²) in [7, 11) is 0. The maximum atomic E-state index is 12.6. The lowest BCUT2D eigenvalue weighted by atomic mass is 10.1. The van der Waals surface area contributed by atoms with Gasteiger partial charge in [-0.2, -0.15) is 0 Å². The van der Waals surface area contributed by atoms with Gasteiger partial charge in [0.15, 0.2) is 0 Å². The van der Waals surface area contributed by atoms with Crippen molar-refractivity contribution in [2.24, 2.45) is 0 Å². The summed E-state index contributed by atoms with van der Waals surface area (Å²) in [5.74, 6) is -0.134. The van der Waals surface area contributed by atoms with Gasteiger partial charge in [-0.05, 0) is 31.0 Å². The van der Waals surface area contributed by atoms with E-state index in [-0.39, 0.29) is 18.0 Å². The molecule has 0 spiro atoms. The molecule has 0 atom stereocenters. The van der Waals surface area contributed by atoms with Crippen molar-refractivity contribution in [3.05, 3.63) is 70.5 Å². The Kier molecular flexibility index (Phi) is 5.18. The van der Waals surface area contributed by atoms with Crippen LogP contribution in [0.4, 0.5) is 0 Å². The normalized spacial score (nSPS) is 10.8. The fourth-order valence-electron chi connectivity index (χ4n) is 2.72. The summed E-state index contributed by atoms with van der Waals surface area (Å²) in [6.45, 7) is 3.02. The van der Waals surface area contributed by atoms with Gasteiger partial charge in [-0.25, -0.2) is 4.68 Å². The molecule has 0 aliphatic carbocycles. The van der Waals surface area contributed by atoms with Crippen LogP contribution in [0.3, 0.4) is 0 Å². The van der Waals surface area contributed by atoms with Crippen molar-refractivity contribution in [1.29, 1.82) is 0 Å². The zero-order valence-corrected chi connectivity index (χ0v) is 14.1. The van der Waals surface area contributed by atoms with Gasteiger partial charge < -0.3 is 4.90 Å². The van der Waals surface area contributed by atoms with Crippen molar-refractivity contribution in [1.82, 2.24) is 19.9 Å². The van der Waals surface area contributed by atoms with E-state index in [1.165, 1.54) is 5.56 Å². The van der Waals surface area contributed by atoms with Gasteiger partial charge in [0.2, 0.25) is 5.91 Å². The number of aromatic nitrogens is 3. The van der Waals surface area contributed by atoms with E-state index in [1.54, 1.807) is 29.2 Å². The molecule has 6 nitrogen and oxygen atoms in total. The van der Waals surface area contributed by atoms with E-state index in [9.17, 15) is 9.59 Å². The second-order valence-electron chi connectivity index (χ2n) is 5.78. The van der Waals surface area contributed by atoms with Crippen LogP contribution in [-0.2, 0) is 17.8 Å². The smallest absolute Gasteiger partial charge is 0.278 e. The lowest BCUT2D eigenvalue weighted by Gasteiger charge is -2.21. The predicted molar refractivity (Wildman–Crippen MR) is 96.2 cm³/mol. The molecule has 3 aromatic rings. The summed E-state index contributed by atoms with van der Waals surface area (Å²) in [6, 6.07) is 17.0. The molecule has 128 valence electrons. The fourth-order valence-corrected chi connectivity index (χ4v) is 2.72. The third kappa shape index (κ3) is 3.91. The van der Waals surface area contributed by atoms with Crippen LogP contribution >= 0.6 is 0 Å². The average Bonchev–Trinajstić information content (AvgIpc) is 2.65. The molecule has 0 aliphatic heterocycles. The first-order valence-electron chi connectivity index (χ1n) is 8.33. The Hall–Kier alpha value is -3.02. The standard InChI is InChI=1S/C19H20N4O2/c1-2-22(13-12-15-8-4-3-5-9-15)18(24)14-23-19(25)16-10-6-7-11-17(16)20-21-23/h3-11H,2,12-14H2,1H3. The van der Waals surface area contributed by atoms with Gasteiger partial charge in [0.05, 0.1) is 5.39 Å². The van der Waals surface area contributed by atoms with Crippen LogP contribution in [0.5, 0.6) is 0 Å². The van der Waals surface area contributed by atoms with Gasteiger partial charge in [-0.3, -0.25) is 9.59 Å². The number of rotatable bonds is 6. The summed E-state index contributed by atoms with van der Waals surface area (Å²) < 4.78 is 1.13. The number of likely N-dealkylation sites (N-methyl/N-ethyl adjacent to an activating group) is 1. The maximum absolute atomic E-state index is 12.6. The second-order valence-corrected chi connectivity index (χ2v) is 5.78. The molecule has 0 radical (unpaired) electrons. The Morgan fingerprint density at radius 3 is 2.56 bits per heavy atom. The Balaban J connectivity index is 1.71. The molecule has 0 aliphatic rings. The molecule has 1 amide bonds. The van der Waals surface area contributed by atoms with Crippen LogP contribution in [-0.4, -0.2) is 38.9 Å². The van der Waals surface area contributed by atoms with Crippen LogP contribution in [0, 0.1) is 0 Å². The second kappa shape index (κ2) is 7.70. The van der Waals surface area contributed by atoms with E-state index in [0.29, 0.717) is 24.0 Å². The molecule has 0 bridgehead atoms. The average molecular weight is 336 g/mol. The van der Waals surface area contributed by atoms with Gasteiger partial charge in [0.25, 0.3) is 5.56 Å². The minimum atomic E-state index is -0.293. The van der Waals surface area contributed by atoms with E-state index in [2.05, 4.69) is 10.3 Å². The molecule has 2 aromatic carbocycles. The molecule has 0 fully saturated rings. The highest BCUT2D eigenvalue weighted by Crippen LogP contribution is 2.05. The number of hydrogen-bond acceptors (Lipinski definition) is 4. The molecule has 1 aromatic heterocycles. The molecular formula is C19H20N4O2. The number of hydrogen-bond donors (Lipinski definition) is 0. The van der Waals surface area contributed by atoms with Crippen LogP contribution in [0.1, 0.15) is 12.5 Å². The molecule has 0 saturated heterocycles. The number of fused-ring (bicyclic) bond motifs is 1. The molecule has 0 unspecified atom stereocenters. The minimum Gasteiger partial charge on any atom is -0.341 e. The quantitative estimate of drug-likeness (QED) is 0.689. The predicted octanol–water partition coefficient (Wildman–Crippen LogP) is 1.88. The Morgan fingerprint density at radius 1 is 1.08 bits per heavy atom. The Morgan fingerprint density at radius 2 is 1.80 bits per heavy atom. The summed E-state index contributed by atoms with van der Waals surface area (Å²) in [6.07, 6.45) is 0.777. The largest absolute Gasteiger partial charge is 0.341 e. The van der Waals surface area contributed by atoms with Crippen molar-refractivity contribution >= 4 is 16.8 Å². The third-order valence-corrected chi connectivity index (χ3v) is 4.16. The molecular weight excluding hydrogens is 316 g/mol. The summed E-state index contributed by atoms with van der Waals surface area (Å²) in [5, 5.41) is 8.37. The Labute approximate surface area is 145 Å². The van der Waals surface area contributed by atoms with E-state index in [1.807, 2.05) is 37.3 Å². The SMILES string of the molecule is CCN(CCc1ccccc1)C(=O)Cn1nnc2ccccc2c1=O. The molecule has 25 heavy (non-hydrogen) atoms. The number of nitrogens with zero attached hydrogens (tertiary/aromatic N) is 4. The van der Waals surface area contributed by atoms with Gasteiger partial charge >= 0.3 is 0 Å². The van der Waals surface area contributed by atoms with Crippen molar-refractivity contribution < 1.29 is 4.79 Å². The summed E-state index contributed by atoms with van der Waals surface area (Å²) >= 11 is 0. The lowest BCUT2D eigenvalue weighted by Crippen LogP contribution is -2.38. The minimum absolute atomic E-state index is 0.0979. The number of carbonyl (C=O) groups excluding carboxylic acids is 1. The van der Waals surface area contributed by atoms with Gasteiger partial charge in [-0.15, -0.1) is 5.10 Å². The van der Waals surface area contributed by atoms with Crippen molar-refractivity contribution in [3.8, 4) is 0 Å². The maximum Gasteiger partial charge on any atom is 0.278 e. The lowest BCUT2D eigenvalue weighted by molar-refractivity contribution is -0.131. The summed E-state index contributed by atoms with van der Waals surface area (Å²) in [4.78, 5) is 26.7. The fraction of sp³-hybridized carbons (Fsp3) is 0.263. The molecule has 0 saturated carbocycles. The van der Waals surface area contributed by atoms with Crippen LogP contribution < -0.4 is 5.56 Å².